The molecule has 9 heteroatoms. The van der Waals surface area contributed by atoms with E-state index in [1.54, 1.807) is 23.1 Å². The van der Waals surface area contributed by atoms with Gasteiger partial charge in [-0.1, -0.05) is 30.3 Å². The average Bonchev–Trinajstić information content (AvgIpc) is 3.58. The van der Waals surface area contributed by atoms with Crippen molar-refractivity contribution >= 4 is 27.1 Å². The van der Waals surface area contributed by atoms with Crippen molar-refractivity contribution in [3.63, 3.8) is 0 Å². The van der Waals surface area contributed by atoms with Crippen LogP contribution in [0.5, 0.6) is 5.75 Å². The highest BCUT2D eigenvalue weighted by molar-refractivity contribution is 7.88. The zero-order valence-corrected chi connectivity index (χ0v) is 19.8. The molecule has 0 spiro atoms. The van der Waals surface area contributed by atoms with Gasteiger partial charge < -0.3 is 4.74 Å². The second-order valence-corrected chi connectivity index (χ2v) is 10.3. The Bertz CT molecular complexity index is 1410. The van der Waals surface area contributed by atoms with Gasteiger partial charge in [-0.15, -0.1) is 0 Å². The molecule has 0 radical (unpaired) electrons. The van der Waals surface area contributed by atoms with Gasteiger partial charge in [0.25, 0.3) is 0 Å². The van der Waals surface area contributed by atoms with E-state index in [0.717, 1.165) is 28.1 Å². The van der Waals surface area contributed by atoms with Crippen LogP contribution < -0.4 is 4.74 Å². The Balaban J connectivity index is 1.64. The van der Waals surface area contributed by atoms with Gasteiger partial charge in [0.05, 0.1) is 36.5 Å². The predicted molar refractivity (Wildman–Crippen MR) is 130 cm³/mol. The van der Waals surface area contributed by atoms with Gasteiger partial charge in [0.15, 0.2) is 0 Å². The topological polar surface area (TPSA) is 76.8 Å². The number of rotatable bonds is 6. The van der Waals surface area contributed by atoms with Crippen LogP contribution in [0.25, 0.3) is 16.9 Å². The molecule has 1 aliphatic heterocycles. The van der Waals surface area contributed by atoms with Crippen molar-refractivity contribution in [1.29, 1.82) is 0 Å². The first-order chi connectivity index (χ1) is 16.0. The van der Waals surface area contributed by atoms with E-state index in [2.05, 4.69) is 5.10 Å². The maximum absolute atomic E-state index is 12.8. The van der Waals surface area contributed by atoms with Gasteiger partial charge in [-0.2, -0.15) is 26.0 Å². The normalized spacial score (nSPS) is 16.1. The van der Waals surface area contributed by atoms with E-state index >= 15 is 0 Å². The van der Waals surface area contributed by atoms with E-state index in [1.807, 2.05) is 77.6 Å². The minimum Gasteiger partial charge on any atom is -0.496 e. The fourth-order valence-electron chi connectivity index (χ4n) is 4.04. The molecule has 0 saturated carbocycles. The van der Waals surface area contributed by atoms with E-state index in [9.17, 15) is 8.42 Å². The average molecular weight is 479 g/mol. The summed E-state index contributed by atoms with van der Waals surface area (Å²) in [5, 5.41) is 13.4. The van der Waals surface area contributed by atoms with Gasteiger partial charge in [-0.3, -0.25) is 0 Å². The highest BCUT2D eigenvalue weighted by Crippen LogP contribution is 2.40. The van der Waals surface area contributed by atoms with Crippen LogP contribution in [-0.2, 0) is 10.0 Å². The van der Waals surface area contributed by atoms with Crippen LogP contribution >= 0.6 is 11.3 Å². The number of aromatic nitrogens is 2. The molecule has 7 nitrogen and oxygen atoms in total. The van der Waals surface area contributed by atoms with Crippen molar-refractivity contribution in [2.75, 3.05) is 13.4 Å². The molecule has 1 atom stereocenters. The molecular weight excluding hydrogens is 456 g/mol. The van der Waals surface area contributed by atoms with Crippen LogP contribution in [0, 0.1) is 0 Å². The third kappa shape index (κ3) is 4.05. The third-order valence-electron chi connectivity index (χ3n) is 5.55. The number of ether oxygens (including phenoxy) is 1. The number of sulfonamides is 1. The monoisotopic (exact) mass is 478 g/mol. The fraction of sp³-hybridized carbons (Fsp3) is 0.167. The summed E-state index contributed by atoms with van der Waals surface area (Å²) >= 11 is 1.57. The zero-order valence-electron chi connectivity index (χ0n) is 18.1. The molecule has 0 aliphatic carbocycles. The van der Waals surface area contributed by atoms with Crippen molar-refractivity contribution in [3.05, 3.63) is 88.7 Å². The number of methoxy groups -OCH3 is 1. The van der Waals surface area contributed by atoms with Gasteiger partial charge >= 0.3 is 0 Å². The van der Waals surface area contributed by atoms with Gasteiger partial charge in [-0.25, -0.2) is 13.1 Å². The minimum atomic E-state index is -3.63. The van der Waals surface area contributed by atoms with E-state index in [-0.39, 0.29) is 0 Å². The number of benzene rings is 2. The molecule has 0 bridgehead atoms. The Labute approximate surface area is 196 Å². The van der Waals surface area contributed by atoms with Crippen LogP contribution in [-0.4, -0.2) is 41.7 Å². The van der Waals surface area contributed by atoms with Crippen molar-refractivity contribution in [2.24, 2.45) is 5.10 Å². The first-order valence-electron chi connectivity index (χ1n) is 10.3. The number of hydrazone groups is 1. The second-order valence-electron chi connectivity index (χ2n) is 7.73. The summed E-state index contributed by atoms with van der Waals surface area (Å²) in [6, 6.07) is 18.8. The molecule has 5 rings (SSSR count). The van der Waals surface area contributed by atoms with Crippen molar-refractivity contribution in [3.8, 4) is 22.7 Å². The molecule has 2 aromatic carbocycles. The highest BCUT2D eigenvalue weighted by atomic mass is 32.2. The lowest BCUT2D eigenvalue weighted by atomic mass is 9.97. The molecule has 3 heterocycles. The number of hydrogen-bond acceptors (Lipinski definition) is 6. The van der Waals surface area contributed by atoms with Crippen LogP contribution in [0.1, 0.15) is 23.6 Å². The Hall–Kier alpha value is -3.43. The Morgan fingerprint density at radius 1 is 1.06 bits per heavy atom. The SMILES string of the molecule is COc1ccccc1C1=NN(S(C)(=O)=O)[C@@H](c2cn(-c3ccccc3)nc2-c2ccsc2)C1. The van der Waals surface area contributed by atoms with Crippen LogP contribution in [0.15, 0.2) is 82.7 Å². The molecule has 0 amide bonds. The quantitative estimate of drug-likeness (QED) is 0.402. The van der Waals surface area contributed by atoms with Gasteiger partial charge in [-0.05, 0) is 35.7 Å². The Kier molecular flexibility index (Phi) is 5.51. The molecule has 2 aromatic heterocycles. The summed E-state index contributed by atoms with van der Waals surface area (Å²) < 4.78 is 34.1. The lowest BCUT2D eigenvalue weighted by Crippen LogP contribution is -2.26. The van der Waals surface area contributed by atoms with Gasteiger partial charge in [0.1, 0.15) is 5.75 Å². The van der Waals surface area contributed by atoms with E-state index < -0.39 is 16.1 Å². The molecule has 0 fully saturated rings. The minimum absolute atomic E-state index is 0.408. The molecule has 1 aliphatic rings. The summed E-state index contributed by atoms with van der Waals surface area (Å²) in [4.78, 5) is 0. The fourth-order valence-corrected chi connectivity index (χ4v) is 5.58. The lowest BCUT2D eigenvalue weighted by Gasteiger charge is -2.21. The first-order valence-corrected chi connectivity index (χ1v) is 13.1. The number of thiophene rings is 1. The summed E-state index contributed by atoms with van der Waals surface area (Å²) in [6.07, 6.45) is 3.50. The third-order valence-corrected chi connectivity index (χ3v) is 7.25. The van der Waals surface area contributed by atoms with E-state index in [4.69, 9.17) is 9.84 Å². The molecular formula is C24H22N4O3S2. The maximum atomic E-state index is 12.8. The standard InChI is InChI=1S/C24H22N4O3S2/c1-31-23-11-7-6-10-19(23)21-14-22(28(25-21)33(2,29)30)20-15-27(18-8-4-3-5-9-18)26-24(20)17-12-13-32-16-17/h3-13,15-16,22H,14H2,1-2H3/t22-/m1/s1. The lowest BCUT2D eigenvalue weighted by molar-refractivity contribution is 0.375. The molecule has 4 aromatic rings. The number of para-hydroxylation sites is 2. The van der Waals surface area contributed by atoms with Crippen LogP contribution in [0.4, 0.5) is 0 Å². The maximum Gasteiger partial charge on any atom is 0.247 e. The molecule has 168 valence electrons. The summed E-state index contributed by atoms with van der Waals surface area (Å²) in [6.45, 7) is 0. The molecule has 33 heavy (non-hydrogen) atoms. The zero-order chi connectivity index (χ0) is 23.0. The Morgan fingerprint density at radius 3 is 2.52 bits per heavy atom. The summed E-state index contributed by atoms with van der Waals surface area (Å²) in [5.41, 5.74) is 4.83. The van der Waals surface area contributed by atoms with Crippen molar-refractivity contribution in [2.45, 2.75) is 12.5 Å². The van der Waals surface area contributed by atoms with E-state index in [0.29, 0.717) is 17.9 Å². The molecule has 0 N–H and O–H groups in total. The number of nitrogens with zero attached hydrogens (tertiary/aromatic N) is 4. The van der Waals surface area contributed by atoms with Gasteiger partial charge in [0, 0.05) is 34.7 Å². The van der Waals surface area contributed by atoms with Crippen molar-refractivity contribution < 1.29 is 13.2 Å². The van der Waals surface area contributed by atoms with Crippen LogP contribution in [0.2, 0.25) is 0 Å². The summed E-state index contributed by atoms with van der Waals surface area (Å²) in [5.74, 6) is 0.656. The largest absolute Gasteiger partial charge is 0.496 e. The molecule has 0 saturated heterocycles. The second kappa shape index (κ2) is 8.49. The van der Waals surface area contributed by atoms with Crippen molar-refractivity contribution in [1.82, 2.24) is 14.2 Å². The highest BCUT2D eigenvalue weighted by Gasteiger charge is 2.38. The smallest absolute Gasteiger partial charge is 0.247 e. The molecule has 0 unspecified atom stereocenters. The van der Waals surface area contributed by atoms with E-state index in [1.165, 1.54) is 10.7 Å². The van der Waals surface area contributed by atoms with Gasteiger partial charge in [0.2, 0.25) is 10.0 Å². The number of hydrogen-bond donors (Lipinski definition) is 0. The predicted octanol–water partition coefficient (Wildman–Crippen LogP) is 4.72. The Morgan fingerprint density at radius 2 is 1.82 bits per heavy atom. The summed E-state index contributed by atoms with van der Waals surface area (Å²) in [7, 11) is -2.03. The first kappa shape index (κ1) is 21.4. The van der Waals surface area contributed by atoms with Crippen LogP contribution in [0.3, 0.4) is 0 Å².